The summed E-state index contributed by atoms with van der Waals surface area (Å²) in [6.07, 6.45) is 1.37. The van der Waals surface area contributed by atoms with Gasteiger partial charge in [0.05, 0.1) is 22.8 Å². The smallest absolute Gasteiger partial charge is 0.261 e. The number of hydrogen-bond donors (Lipinski definition) is 0. The molecule has 0 bridgehead atoms. The van der Waals surface area contributed by atoms with E-state index in [0.29, 0.717) is 24.0 Å². The molecule has 9 heteroatoms. The summed E-state index contributed by atoms with van der Waals surface area (Å²) in [6, 6.07) is 10.8. The second kappa shape index (κ2) is 8.23. The average molecular weight is 429 g/mol. The Labute approximate surface area is 176 Å². The molecule has 154 valence electrons. The molecule has 0 spiro atoms. The molecule has 2 aromatic carbocycles. The molecule has 1 fully saturated rings. The van der Waals surface area contributed by atoms with Crippen molar-refractivity contribution in [2.75, 3.05) is 26.2 Å². The number of rotatable bonds is 3. The van der Waals surface area contributed by atoms with E-state index >= 15 is 0 Å². The highest BCUT2D eigenvalue weighted by molar-refractivity contribution is 6.31. The van der Waals surface area contributed by atoms with E-state index in [2.05, 4.69) is 4.98 Å². The molecule has 0 aliphatic carbocycles. The van der Waals surface area contributed by atoms with E-state index in [1.54, 1.807) is 29.2 Å². The summed E-state index contributed by atoms with van der Waals surface area (Å²) >= 11 is 5.87. The average Bonchev–Trinajstić information content (AvgIpc) is 2.77. The van der Waals surface area contributed by atoms with Crippen LogP contribution in [-0.2, 0) is 11.3 Å². The summed E-state index contributed by atoms with van der Waals surface area (Å²) in [5.41, 5.74) is 0.210. The number of fused-ring (bicyclic) bond motifs is 1. The van der Waals surface area contributed by atoms with E-state index < -0.39 is 11.7 Å². The van der Waals surface area contributed by atoms with Crippen molar-refractivity contribution in [3.8, 4) is 0 Å². The maximum Gasteiger partial charge on any atom is 0.261 e. The zero-order chi connectivity index (χ0) is 21.3. The number of halogens is 2. The van der Waals surface area contributed by atoms with Crippen LogP contribution in [0.5, 0.6) is 0 Å². The van der Waals surface area contributed by atoms with Crippen molar-refractivity contribution < 1.29 is 14.0 Å². The van der Waals surface area contributed by atoms with Crippen LogP contribution in [0.15, 0.2) is 53.6 Å². The normalized spacial score (nSPS) is 14.2. The first kappa shape index (κ1) is 20.0. The van der Waals surface area contributed by atoms with E-state index in [4.69, 9.17) is 11.6 Å². The Morgan fingerprint density at radius 1 is 1.03 bits per heavy atom. The van der Waals surface area contributed by atoms with Gasteiger partial charge in [0.1, 0.15) is 12.4 Å². The summed E-state index contributed by atoms with van der Waals surface area (Å²) in [4.78, 5) is 45.1. The minimum Gasteiger partial charge on any atom is -0.338 e. The third kappa shape index (κ3) is 3.91. The monoisotopic (exact) mass is 428 g/mol. The summed E-state index contributed by atoms with van der Waals surface area (Å²) in [7, 11) is 0. The molecule has 3 aromatic rings. The van der Waals surface area contributed by atoms with Crippen molar-refractivity contribution in [1.82, 2.24) is 19.4 Å². The first-order valence-electron chi connectivity index (χ1n) is 9.40. The van der Waals surface area contributed by atoms with Crippen LogP contribution in [0.25, 0.3) is 10.9 Å². The molecule has 2 heterocycles. The van der Waals surface area contributed by atoms with Crippen molar-refractivity contribution in [3.63, 3.8) is 0 Å². The van der Waals surface area contributed by atoms with Gasteiger partial charge in [-0.15, -0.1) is 0 Å². The molecule has 30 heavy (non-hydrogen) atoms. The lowest BCUT2D eigenvalue weighted by atomic mass is 10.1. The van der Waals surface area contributed by atoms with Crippen molar-refractivity contribution in [2.45, 2.75) is 6.54 Å². The molecule has 7 nitrogen and oxygen atoms in total. The van der Waals surface area contributed by atoms with Crippen LogP contribution in [0.2, 0.25) is 5.02 Å². The van der Waals surface area contributed by atoms with E-state index in [1.165, 1.54) is 27.9 Å². The lowest BCUT2D eigenvalue weighted by Crippen LogP contribution is -2.51. The van der Waals surface area contributed by atoms with Crippen LogP contribution in [0, 0.1) is 5.82 Å². The molecule has 1 aliphatic rings. The van der Waals surface area contributed by atoms with Crippen molar-refractivity contribution in [1.29, 1.82) is 0 Å². The highest BCUT2D eigenvalue weighted by Gasteiger charge is 2.26. The number of nitrogens with zero attached hydrogens (tertiary/aromatic N) is 4. The lowest BCUT2D eigenvalue weighted by molar-refractivity contribution is -0.133. The number of aromatic nitrogens is 2. The molecule has 0 radical (unpaired) electrons. The minimum atomic E-state index is -0.633. The lowest BCUT2D eigenvalue weighted by Gasteiger charge is -2.35. The number of benzene rings is 2. The quantitative estimate of drug-likeness (QED) is 0.640. The molecule has 1 saturated heterocycles. The van der Waals surface area contributed by atoms with Gasteiger partial charge in [0.15, 0.2) is 0 Å². The zero-order valence-electron chi connectivity index (χ0n) is 15.9. The second-order valence-corrected chi connectivity index (χ2v) is 7.43. The number of amides is 2. The van der Waals surface area contributed by atoms with Crippen LogP contribution < -0.4 is 5.56 Å². The van der Waals surface area contributed by atoms with Crippen molar-refractivity contribution in [2.24, 2.45) is 0 Å². The summed E-state index contributed by atoms with van der Waals surface area (Å²) in [5, 5.41) is 0.731. The van der Waals surface area contributed by atoms with E-state index in [9.17, 15) is 18.8 Å². The van der Waals surface area contributed by atoms with Gasteiger partial charge in [0.2, 0.25) is 5.91 Å². The van der Waals surface area contributed by atoms with Gasteiger partial charge in [-0.3, -0.25) is 19.0 Å². The predicted molar refractivity (Wildman–Crippen MR) is 110 cm³/mol. The maximum atomic E-state index is 14.0. The number of hydrogen-bond acceptors (Lipinski definition) is 4. The molecular weight excluding hydrogens is 411 g/mol. The Hall–Kier alpha value is -3.26. The van der Waals surface area contributed by atoms with E-state index in [1.807, 2.05) is 0 Å². The van der Waals surface area contributed by atoms with Gasteiger partial charge in [-0.05, 0) is 30.3 Å². The third-order valence-corrected chi connectivity index (χ3v) is 5.35. The highest BCUT2D eigenvalue weighted by atomic mass is 35.5. The van der Waals surface area contributed by atoms with E-state index in [0.717, 1.165) is 6.07 Å². The van der Waals surface area contributed by atoms with Crippen LogP contribution in [0.3, 0.4) is 0 Å². The third-order valence-electron chi connectivity index (χ3n) is 5.12. The van der Waals surface area contributed by atoms with Gasteiger partial charge < -0.3 is 9.80 Å². The largest absolute Gasteiger partial charge is 0.338 e. The summed E-state index contributed by atoms with van der Waals surface area (Å²) in [5.74, 6) is -1.33. The fourth-order valence-corrected chi connectivity index (χ4v) is 3.63. The fraction of sp³-hybridized carbons (Fsp3) is 0.238. The van der Waals surface area contributed by atoms with Gasteiger partial charge in [0.25, 0.3) is 11.5 Å². The number of piperazine rings is 1. The molecule has 0 atom stereocenters. The molecule has 1 aliphatic heterocycles. The van der Waals surface area contributed by atoms with Crippen molar-refractivity contribution >= 4 is 34.3 Å². The standard InChI is InChI=1S/C21H18ClFN4O3/c22-14-5-6-17(23)16(11-14)21(30)26-9-7-25(8-10-26)19(28)12-27-13-24-18-4-2-1-3-15(18)20(27)29/h1-6,11,13H,7-10,12H2. The Bertz CT molecular complexity index is 1190. The van der Waals surface area contributed by atoms with Crippen LogP contribution in [-0.4, -0.2) is 57.3 Å². The molecule has 0 unspecified atom stereocenters. The maximum absolute atomic E-state index is 14.0. The SMILES string of the molecule is O=C(Cn1cnc2ccccc2c1=O)N1CCN(C(=O)c2cc(Cl)ccc2F)CC1. The van der Waals surface area contributed by atoms with Gasteiger partial charge in [0, 0.05) is 31.2 Å². The fourth-order valence-electron chi connectivity index (χ4n) is 3.46. The Morgan fingerprint density at radius 3 is 2.50 bits per heavy atom. The molecule has 0 N–H and O–H groups in total. The first-order chi connectivity index (χ1) is 14.4. The van der Waals surface area contributed by atoms with Gasteiger partial charge in [-0.2, -0.15) is 0 Å². The Balaban J connectivity index is 1.41. The Morgan fingerprint density at radius 2 is 1.73 bits per heavy atom. The van der Waals surface area contributed by atoms with Crippen LogP contribution in [0.4, 0.5) is 4.39 Å². The molecule has 2 amide bonds. The topological polar surface area (TPSA) is 75.5 Å². The van der Waals surface area contributed by atoms with E-state index in [-0.39, 0.29) is 41.7 Å². The van der Waals surface area contributed by atoms with Crippen molar-refractivity contribution in [3.05, 3.63) is 75.5 Å². The molecule has 1 aromatic heterocycles. The second-order valence-electron chi connectivity index (χ2n) is 6.99. The van der Waals surface area contributed by atoms with Gasteiger partial charge >= 0.3 is 0 Å². The molecule has 0 saturated carbocycles. The summed E-state index contributed by atoms with van der Waals surface area (Å²) in [6.45, 7) is 0.987. The predicted octanol–water partition coefficient (Wildman–Crippen LogP) is 2.17. The number of carbonyl (C=O) groups is 2. The van der Waals surface area contributed by atoms with Gasteiger partial charge in [-0.25, -0.2) is 9.37 Å². The zero-order valence-corrected chi connectivity index (χ0v) is 16.7. The van der Waals surface area contributed by atoms with Crippen LogP contribution in [0.1, 0.15) is 10.4 Å². The Kier molecular flexibility index (Phi) is 5.50. The highest BCUT2D eigenvalue weighted by Crippen LogP contribution is 2.18. The number of para-hydroxylation sites is 1. The first-order valence-corrected chi connectivity index (χ1v) is 9.78. The summed E-state index contributed by atoms with van der Waals surface area (Å²) < 4.78 is 15.2. The minimum absolute atomic E-state index is 0.0870. The number of carbonyl (C=O) groups excluding carboxylic acids is 2. The van der Waals surface area contributed by atoms with Gasteiger partial charge in [-0.1, -0.05) is 23.7 Å². The molecule has 4 rings (SSSR count). The molecular formula is C21H18ClFN4O3. The van der Waals surface area contributed by atoms with Crippen LogP contribution >= 0.6 is 11.6 Å².